The summed E-state index contributed by atoms with van der Waals surface area (Å²) in [5, 5.41) is 0. The molecule has 5 heteroatoms. The highest BCUT2D eigenvalue weighted by molar-refractivity contribution is 7.92. The molecule has 0 aliphatic carbocycles. The number of sulfone groups is 1. The Balaban J connectivity index is 4.61. The van der Waals surface area contributed by atoms with E-state index in [1.54, 1.807) is 0 Å². The second-order valence-electron chi connectivity index (χ2n) is 2.94. The highest BCUT2D eigenvalue weighted by atomic mass is 32.2. The molecule has 0 unspecified atom stereocenters. The first kappa shape index (κ1) is 10.3. The van der Waals surface area contributed by atoms with E-state index in [0.29, 0.717) is 0 Å². The zero-order valence-electron chi connectivity index (χ0n) is 6.79. The molecule has 64 valence electrons. The van der Waals surface area contributed by atoms with Crippen LogP contribution in [0.5, 0.6) is 0 Å². The zero-order chi connectivity index (χ0) is 9.12. The minimum Gasteiger partial charge on any atom is -0.229 e. The van der Waals surface area contributed by atoms with Crippen LogP contribution < -0.4 is 0 Å². The third kappa shape index (κ3) is 2.82. The molecule has 0 fully saturated rings. The van der Waals surface area contributed by atoms with Gasteiger partial charge in [0.05, 0.1) is 11.3 Å². The Morgan fingerprint density at radius 1 is 1.45 bits per heavy atom. The van der Waals surface area contributed by atoms with Crippen LogP contribution in [-0.4, -0.2) is 32.0 Å². The predicted octanol–water partition coefficient (Wildman–Crippen LogP) is 0.145. The predicted molar refractivity (Wildman–Crippen MR) is 41.9 cm³/mol. The molecule has 0 aromatic rings. The van der Waals surface area contributed by atoms with Gasteiger partial charge < -0.3 is 0 Å². The lowest BCUT2D eigenvalue weighted by molar-refractivity contribution is 0.546. The maximum absolute atomic E-state index is 11.0. The lowest BCUT2D eigenvalue weighted by Gasteiger charge is -2.18. The lowest BCUT2D eigenvalue weighted by Crippen LogP contribution is -2.33. The third-order valence-electron chi connectivity index (χ3n) is 1.53. The quantitative estimate of drug-likeness (QED) is 0.455. The van der Waals surface area contributed by atoms with Crippen molar-refractivity contribution in [1.29, 1.82) is 0 Å². The molecular weight excluding hydrogens is 166 g/mol. The molecule has 0 aromatic carbocycles. The van der Waals surface area contributed by atoms with E-state index in [0.717, 1.165) is 6.26 Å². The number of hydrogen-bond acceptors (Lipinski definition) is 4. The Kier molecular flexibility index (Phi) is 2.96. The van der Waals surface area contributed by atoms with Crippen LogP contribution in [0.4, 0.5) is 0 Å². The van der Waals surface area contributed by atoms with Crippen molar-refractivity contribution >= 4 is 15.9 Å². The van der Waals surface area contributed by atoms with E-state index in [2.05, 4.69) is 4.99 Å². The molecule has 0 atom stereocenters. The fraction of sp³-hybridized carbons (Fsp3) is 0.833. The summed E-state index contributed by atoms with van der Waals surface area (Å²) in [5.41, 5.74) is 0. The van der Waals surface area contributed by atoms with Crippen LogP contribution in [0.2, 0.25) is 0 Å². The van der Waals surface area contributed by atoms with Crippen molar-refractivity contribution in [3.8, 4) is 0 Å². The molecule has 4 nitrogen and oxygen atoms in total. The molecule has 0 heterocycles. The van der Waals surface area contributed by atoms with Crippen LogP contribution in [-0.2, 0) is 14.6 Å². The van der Waals surface area contributed by atoms with E-state index in [4.69, 9.17) is 0 Å². The summed E-state index contributed by atoms with van der Waals surface area (Å²) >= 11 is 0. The van der Waals surface area contributed by atoms with Gasteiger partial charge >= 0.3 is 0 Å². The number of isocyanates is 1. The van der Waals surface area contributed by atoms with Gasteiger partial charge in [0.15, 0.2) is 9.84 Å². The summed E-state index contributed by atoms with van der Waals surface area (Å²) in [6.45, 7) is 3.00. The van der Waals surface area contributed by atoms with Gasteiger partial charge in [-0.2, -0.15) is 0 Å². The average molecular weight is 177 g/mol. The van der Waals surface area contributed by atoms with Crippen molar-refractivity contribution in [2.45, 2.75) is 18.6 Å². The molecular formula is C6H11NO3S. The first-order chi connectivity index (χ1) is 4.81. The maximum atomic E-state index is 11.0. The summed E-state index contributed by atoms with van der Waals surface area (Å²) in [7, 11) is -3.15. The minimum absolute atomic E-state index is 0.0324. The summed E-state index contributed by atoms with van der Waals surface area (Å²) in [5.74, 6) is 0. The topological polar surface area (TPSA) is 63.6 Å². The maximum Gasteiger partial charge on any atom is 0.234 e. The molecule has 0 N–H and O–H groups in total. The van der Waals surface area contributed by atoms with Crippen molar-refractivity contribution in [1.82, 2.24) is 0 Å². The molecule has 11 heavy (non-hydrogen) atoms. The fourth-order valence-corrected chi connectivity index (χ4v) is 0.639. The smallest absolute Gasteiger partial charge is 0.229 e. The van der Waals surface area contributed by atoms with Gasteiger partial charge in [-0.25, -0.2) is 18.2 Å². The monoisotopic (exact) mass is 177 g/mol. The van der Waals surface area contributed by atoms with Gasteiger partial charge in [0.25, 0.3) is 0 Å². The van der Waals surface area contributed by atoms with Crippen LogP contribution in [0.3, 0.4) is 0 Å². The van der Waals surface area contributed by atoms with Crippen LogP contribution in [0.1, 0.15) is 13.8 Å². The standard InChI is InChI=1S/C6H11NO3S/c1-6(2,4-7-5-8)11(3,9)10/h4H2,1-3H3. The minimum atomic E-state index is -3.15. The number of aliphatic imine (C=N–C) groups is 1. The molecule has 0 bridgehead atoms. The molecule has 0 saturated carbocycles. The number of rotatable bonds is 3. The molecule has 0 rings (SSSR count). The Morgan fingerprint density at radius 2 is 1.91 bits per heavy atom. The largest absolute Gasteiger partial charge is 0.234 e. The Labute approximate surface area is 66.2 Å². The van der Waals surface area contributed by atoms with Crippen molar-refractivity contribution in [2.24, 2.45) is 4.99 Å². The van der Waals surface area contributed by atoms with E-state index >= 15 is 0 Å². The van der Waals surface area contributed by atoms with Gasteiger partial charge in [-0.3, -0.25) is 0 Å². The van der Waals surface area contributed by atoms with Gasteiger partial charge in [-0.15, -0.1) is 0 Å². The third-order valence-corrected chi connectivity index (χ3v) is 3.66. The summed E-state index contributed by atoms with van der Waals surface area (Å²) < 4.78 is 21.0. The van der Waals surface area contributed by atoms with Gasteiger partial charge in [-0.05, 0) is 13.8 Å². The SMILES string of the molecule is CC(C)(CN=C=O)S(C)(=O)=O. The highest BCUT2D eigenvalue weighted by Gasteiger charge is 2.29. The zero-order valence-corrected chi connectivity index (χ0v) is 7.60. The Morgan fingerprint density at radius 3 is 2.18 bits per heavy atom. The van der Waals surface area contributed by atoms with E-state index in [1.165, 1.54) is 19.9 Å². The first-order valence-electron chi connectivity index (χ1n) is 3.04. The highest BCUT2D eigenvalue weighted by Crippen LogP contribution is 2.14. The summed E-state index contributed by atoms with van der Waals surface area (Å²) in [6.07, 6.45) is 2.42. The van der Waals surface area contributed by atoms with E-state index in [-0.39, 0.29) is 6.54 Å². The van der Waals surface area contributed by atoms with Gasteiger partial charge in [0.1, 0.15) is 0 Å². The Hall–Kier alpha value is -0.670. The normalized spacial score (nSPS) is 12.3. The molecule has 0 aromatic heterocycles. The molecule has 0 saturated heterocycles. The fourth-order valence-electron chi connectivity index (χ4n) is 0.340. The molecule has 0 aliphatic rings. The summed E-state index contributed by atoms with van der Waals surface area (Å²) in [4.78, 5) is 12.9. The van der Waals surface area contributed by atoms with E-state index < -0.39 is 14.6 Å². The molecule has 0 aliphatic heterocycles. The van der Waals surface area contributed by atoms with Crippen molar-refractivity contribution in [3.63, 3.8) is 0 Å². The Bertz CT molecular complexity index is 272. The van der Waals surface area contributed by atoms with E-state index in [1.807, 2.05) is 0 Å². The number of carbonyl (C=O) groups excluding carboxylic acids is 1. The number of hydrogen-bond donors (Lipinski definition) is 0. The van der Waals surface area contributed by atoms with Crippen molar-refractivity contribution in [2.75, 3.05) is 12.8 Å². The average Bonchev–Trinajstić information content (AvgIpc) is 1.81. The van der Waals surface area contributed by atoms with E-state index in [9.17, 15) is 13.2 Å². The molecule has 0 amide bonds. The van der Waals surface area contributed by atoms with Gasteiger partial charge in [0.2, 0.25) is 6.08 Å². The van der Waals surface area contributed by atoms with Crippen LogP contribution in [0, 0.1) is 0 Å². The lowest BCUT2D eigenvalue weighted by atomic mass is 10.2. The van der Waals surface area contributed by atoms with Crippen LogP contribution >= 0.6 is 0 Å². The van der Waals surface area contributed by atoms with Crippen LogP contribution in [0.15, 0.2) is 4.99 Å². The van der Waals surface area contributed by atoms with Crippen LogP contribution in [0.25, 0.3) is 0 Å². The first-order valence-corrected chi connectivity index (χ1v) is 4.93. The summed E-state index contributed by atoms with van der Waals surface area (Å²) in [6, 6.07) is 0. The second-order valence-corrected chi connectivity index (χ2v) is 5.59. The van der Waals surface area contributed by atoms with Gasteiger partial charge in [-0.1, -0.05) is 0 Å². The van der Waals surface area contributed by atoms with Crippen molar-refractivity contribution in [3.05, 3.63) is 0 Å². The second kappa shape index (κ2) is 3.15. The van der Waals surface area contributed by atoms with Crippen molar-refractivity contribution < 1.29 is 13.2 Å². The number of nitrogens with zero attached hydrogens (tertiary/aromatic N) is 1. The molecule has 0 spiro atoms. The van der Waals surface area contributed by atoms with Gasteiger partial charge in [0, 0.05) is 6.26 Å². The molecule has 0 radical (unpaired) electrons.